The molecule has 31 heavy (non-hydrogen) atoms. The Morgan fingerprint density at radius 1 is 1.06 bits per heavy atom. The maximum atomic E-state index is 10.1. The van der Waals surface area contributed by atoms with Gasteiger partial charge in [-0.15, -0.1) is 0 Å². The van der Waals surface area contributed by atoms with E-state index in [0.717, 1.165) is 38.4 Å². The first-order chi connectivity index (χ1) is 15.1. The summed E-state index contributed by atoms with van der Waals surface area (Å²) in [4.78, 5) is 11.4. The van der Waals surface area contributed by atoms with Gasteiger partial charge in [0.2, 0.25) is 0 Å². The summed E-state index contributed by atoms with van der Waals surface area (Å²) in [5, 5.41) is 10.1. The second-order valence-electron chi connectivity index (χ2n) is 8.78. The molecule has 3 heterocycles. The zero-order valence-electron chi connectivity index (χ0n) is 18.2. The number of aliphatic hydroxyl groups is 1. The molecule has 2 aliphatic rings. The van der Waals surface area contributed by atoms with Crippen LogP contribution >= 0.6 is 0 Å². The molecule has 0 spiro atoms. The molecule has 0 bridgehead atoms. The molecular weight excluding hydrogens is 386 g/mol. The first-order valence-electron chi connectivity index (χ1n) is 11.1. The fraction of sp³-hybridized carbons (Fsp3) is 0.385. The van der Waals surface area contributed by atoms with E-state index in [-0.39, 0.29) is 5.41 Å². The van der Waals surface area contributed by atoms with Crippen LogP contribution in [0.15, 0.2) is 54.7 Å². The first kappa shape index (κ1) is 20.2. The summed E-state index contributed by atoms with van der Waals surface area (Å²) in [5.74, 6) is 0.531. The summed E-state index contributed by atoms with van der Waals surface area (Å²) in [7, 11) is 0. The molecule has 1 saturated heterocycles. The van der Waals surface area contributed by atoms with Crippen molar-refractivity contribution < 1.29 is 9.84 Å². The lowest BCUT2D eigenvalue weighted by Crippen LogP contribution is -2.47. The van der Waals surface area contributed by atoms with E-state index in [0.29, 0.717) is 12.2 Å². The van der Waals surface area contributed by atoms with Crippen LogP contribution in [0.25, 0.3) is 0 Å². The molecule has 1 N–H and O–H groups in total. The van der Waals surface area contributed by atoms with E-state index in [1.54, 1.807) is 0 Å². The molecule has 2 aromatic carbocycles. The van der Waals surface area contributed by atoms with Crippen molar-refractivity contribution in [3.8, 4) is 0 Å². The number of fused-ring (bicyclic) bond motifs is 1. The average Bonchev–Trinajstić information content (AvgIpc) is 2.79. The van der Waals surface area contributed by atoms with Gasteiger partial charge in [-0.1, -0.05) is 48.9 Å². The van der Waals surface area contributed by atoms with Gasteiger partial charge in [0.1, 0.15) is 6.10 Å². The Morgan fingerprint density at radius 3 is 2.35 bits per heavy atom. The number of nitrogens with zero attached hydrogens (tertiary/aromatic N) is 3. The second-order valence-corrected chi connectivity index (χ2v) is 8.78. The van der Waals surface area contributed by atoms with Crippen molar-refractivity contribution in [2.24, 2.45) is 0 Å². The maximum Gasteiger partial charge on any atom is 0.157 e. The molecule has 0 aliphatic carbocycles. The van der Waals surface area contributed by atoms with Crippen molar-refractivity contribution in [2.45, 2.75) is 44.8 Å². The summed E-state index contributed by atoms with van der Waals surface area (Å²) in [6.45, 7) is 7.20. The third-order valence-corrected chi connectivity index (χ3v) is 6.74. The minimum absolute atomic E-state index is 0.0425. The average molecular weight is 416 g/mol. The highest BCUT2D eigenvalue weighted by molar-refractivity contribution is 5.53. The Morgan fingerprint density at radius 2 is 1.74 bits per heavy atom. The minimum Gasteiger partial charge on any atom is -0.385 e. The lowest BCUT2D eigenvalue weighted by atomic mass is 9.73. The van der Waals surface area contributed by atoms with Gasteiger partial charge in [0.15, 0.2) is 5.82 Å². The van der Waals surface area contributed by atoms with Gasteiger partial charge in [-0.05, 0) is 48.6 Å². The number of aryl methyl sites for hydroxylation is 1. The van der Waals surface area contributed by atoms with Gasteiger partial charge < -0.3 is 14.7 Å². The number of rotatable bonds is 5. The quantitative estimate of drug-likeness (QED) is 0.680. The van der Waals surface area contributed by atoms with Gasteiger partial charge in [-0.25, -0.2) is 9.97 Å². The number of ether oxygens (including phenoxy) is 1. The van der Waals surface area contributed by atoms with Crippen molar-refractivity contribution in [3.63, 3.8) is 0 Å². The van der Waals surface area contributed by atoms with Crippen LogP contribution in [0.2, 0.25) is 0 Å². The van der Waals surface area contributed by atoms with E-state index in [4.69, 9.17) is 4.74 Å². The third-order valence-electron chi connectivity index (χ3n) is 6.74. The molecule has 0 amide bonds. The predicted molar refractivity (Wildman–Crippen MR) is 121 cm³/mol. The molecule has 2 aliphatic heterocycles. The lowest BCUT2D eigenvalue weighted by molar-refractivity contribution is -0.0379. The summed E-state index contributed by atoms with van der Waals surface area (Å²) >= 11 is 0. The van der Waals surface area contributed by atoms with Crippen molar-refractivity contribution in [3.05, 3.63) is 88.5 Å². The van der Waals surface area contributed by atoms with E-state index in [2.05, 4.69) is 70.3 Å². The highest BCUT2D eigenvalue weighted by atomic mass is 16.5. The summed E-state index contributed by atoms with van der Waals surface area (Å²) in [5.41, 5.74) is 7.27. The zero-order chi connectivity index (χ0) is 21.4. The fourth-order valence-corrected chi connectivity index (χ4v) is 4.55. The molecule has 1 unspecified atom stereocenters. The minimum atomic E-state index is -0.595. The van der Waals surface area contributed by atoms with Crippen LogP contribution in [0.5, 0.6) is 0 Å². The van der Waals surface area contributed by atoms with E-state index < -0.39 is 6.10 Å². The molecule has 1 fully saturated rings. The highest BCUT2D eigenvalue weighted by Gasteiger charge is 2.42. The Labute approximate surface area is 183 Å². The van der Waals surface area contributed by atoms with Crippen LogP contribution in [-0.2, 0) is 23.1 Å². The van der Waals surface area contributed by atoms with Crippen LogP contribution in [-0.4, -0.2) is 34.8 Å². The van der Waals surface area contributed by atoms with Crippen LogP contribution < -0.4 is 4.90 Å². The van der Waals surface area contributed by atoms with Gasteiger partial charge >= 0.3 is 0 Å². The standard InChI is InChI=1S/C26H29N3O2/c1-3-24(30)25-27-14-19-12-13-29(15-23(19)28-25)22-10-8-21(9-11-22)26(16-31-17-26)20-6-4-18(2)5-7-20/h4-11,14,24,30H,3,12-13,15-17H2,1-2H3. The molecule has 5 nitrogen and oxygen atoms in total. The highest BCUT2D eigenvalue weighted by Crippen LogP contribution is 2.40. The SMILES string of the molecule is CCC(O)c1ncc2c(n1)CN(c1ccc(C3(c4ccc(C)cc4)COC3)cc1)CC2. The molecule has 1 atom stereocenters. The third kappa shape index (κ3) is 3.62. The topological polar surface area (TPSA) is 58.5 Å². The molecule has 5 heteroatoms. The Hall–Kier alpha value is -2.76. The van der Waals surface area contributed by atoms with Gasteiger partial charge in [-0.2, -0.15) is 0 Å². The largest absolute Gasteiger partial charge is 0.385 e. The number of benzene rings is 2. The smallest absolute Gasteiger partial charge is 0.157 e. The normalized spacial score (nSPS) is 18.2. The van der Waals surface area contributed by atoms with Crippen molar-refractivity contribution >= 4 is 5.69 Å². The Bertz CT molecular complexity index is 1060. The summed E-state index contributed by atoms with van der Waals surface area (Å²) in [6, 6.07) is 17.8. The van der Waals surface area contributed by atoms with Crippen molar-refractivity contribution in [2.75, 3.05) is 24.7 Å². The first-order valence-corrected chi connectivity index (χ1v) is 11.1. The predicted octanol–water partition coefficient (Wildman–Crippen LogP) is 4.11. The fourth-order valence-electron chi connectivity index (χ4n) is 4.55. The number of hydrogen-bond acceptors (Lipinski definition) is 5. The number of aromatic nitrogens is 2. The van der Waals surface area contributed by atoms with E-state index in [1.165, 1.54) is 27.9 Å². The number of anilines is 1. The number of hydrogen-bond donors (Lipinski definition) is 1. The molecule has 160 valence electrons. The van der Waals surface area contributed by atoms with Gasteiger partial charge in [-0.3, -0.25) is 0 Å². The molecule has 0 radical (unpaired) electrons. The number of aliphatic hydroxyl groups excluding tert-OH is 1. The van der Waals surface area contributed by atoms with Gasteiger partial charge in [0.05, 0.1) is 30.9 Å². The molecule has 5 rings (SSSR count). The molecule has 3 aromatic rings. The zero-order valence-corrected chi connectivity index (χ0v) is 18.2. The summed E-state index contributed by atoms with van der Waals surface area (Å²) < 4.78 is 5.66. The second kappa shape index (κ2) is 8.06. The van der Waals surface area contributed by atoms with Crippen LogP contribution in [0.3, 0.4) is 0 Å². The Balaban J connectivity index is 1.38. The molecule has 0 saturated carbocycles. The van der Waals surface area contributed by atoms with Crippen molar-refractivity contribution in [1.82, 2.24) is 9.97 Å². The van der Waals surface area contributed by atoms with Crippen LogP contribution in [0, 0.1) is 6.92 Å². The maximum absolute atomic E-state index is 10.1. The van der Waals surface area contributed by atoms with E-state index >= 15 is 0 Å². The molecular formula is C26H29N3O2. The van der Waals surface area contributed by atoms with E-state index in [9.17, 15) is 5.11 Å². The Kier molecular flexibility index (Phi) is 5.24. The summed E-state index contributed by atoms with van der Waals surface area (Å²) in [6.07, 6.45) is 2.83. The molecule has 1 aromatic heterocycles. The van der Waals surface area contributed by atoms with E-state index in [1.807, 2.05) is 13.1 Å². The van der Waals surface area contributed by atoms with Crippen LogP contribution in [0.4, 0.5) is 5.69 Å². The monoisotopic (exact) mass is 415 g/mol. The van der Waals surface area contributed by atoms with Gasteiger partial charge in [0, 0.05) is 18.4 Å². The van der Waals surface area contributed by atoms with Gasteiger partial charge in [0.25, 0.3) is 0 Å². The van der Waals surface area contributed by atoms with Crippen LogP contribution in [0.1, 0.15) is 53.2 Å². The van der Waals surface area contributed by atoms with Crippen molar-refractivity contribution in [1.29, 1.82) is 0 Å². The lowest BCUT2D eigenvalue weighted by Gasteiger charge is -2.43.